The zero-order valence-electron chi connectivity index (χ0n) is 19.7. The summed E-state index contributed by atoms with van der Waals surface area (Å²) >= 11 is 0. The molecule has 180 valence electrons. The number of amides is 1. The summed E-state index contributed by atoms with van der Waals surface area (Å²) in [4.78, 5) is 15.1. The Hall–Kier alpha value is -1.89. The maximum absolute atomic E-state index is 12.4. The Morgan fingerprint density at radius 2 is 1.97 bits per heavy atom. The fourth-order valence-electron chi connectivity index (χ4n) is 6.01. The molecule has 2 saturated heterocycles. The summed E-state index contributed by atoms with van der Waals surface area (Å²) in [5.74, 6) is 1.88. The van der Waals surface area contributed by atoms with Gasteiger partial charge in [0.05, 0.1) is 38.6 Å². The highest BCUT2D eigenvalue weighted by atomic mass is 16.6. The molecule has 1 saturated carbocycles. The van der Waals surface area contributed by atoms with E-state index in [2.05, 4.69) is 34.5 Å². The maximum Gasteiger partial charge on any atom is 0.222 e. The van der Waals surface area contributed by atoms with Gasteiger partial charge in [-0.1, -0.05) is 18.6 Å². The summed E-state index contributed by atoms with van der Waals surface area (Å²) < 4.78 is 16.7. The Kier molecular flexibility index (Phi) is 7.64. The minimum atomic E-state index is -0.0829. The fourth-order valence-corrected chi connectivity index (χ4v) is 6.01. The summed E-state index contributed by atoms with van der Waals surface area (Å²) in [5.41, 5.74) is 2.70. The van der Waals surface area contributed by atoms with E-state index >= 15 is 0 Å². The molecule has 0 aromatic carbocycles. The van der Waals surface area contributed by atoms with Crippen molar-refractivity contribution in [1.29, 1.82) is 0 Å². The molecule has 33 heavy (non-hydrogen) atoms. The average Bonchev–Trinajstić information content (AvgIpc) is 3.34. The van der Waals surface area contributed by atoms with Crippen molar-refractivity contribution in [2.75, 3.05) is 32.9 Å². The van der Waals surface area contributed by atoms with Gasteiger partial charge in [0.1, 0.15) is 5.76 Å². The lowest BCUT2D eigenvalue weighted by atomic mass is 9.83. The summed E-state index contributed by atoms with van der Waals surface area (Å²) in [6.07, 6.45) is 11.9. The van der Waals surface area contributed by atoms with Crippen molar-refractivity contribution in [3.63, 3.8) is 0 Å². The molecule has 0 aromatic rings. The number of fused-ring (bicyclic) bond motifs is 1. The summed E-state index contributed by atoms with van der Waals surface area (Å²) in [6, 6.07) is 9.37. The van der Waals surface area contributed by atoms with Gasteiger partial charge in [-0.25, -0.2) is 0 Å². The fraction of sp³-hybridized carbons (Fsp3) is 0.667. The van der Waals surface area contributed by atoms with Crippen molar-refractivity contribution in [2.45, 2.75) is 76.0 Å². The third kappa shape index (κ3) is 5.79. The molecular formula is C27H38N2O4. The van der Waals surface area contributed by atoms with Crippen LogP contribution in [-0.4, -0.2) is 55.9 Å². The van der Waals surface area contributed by atoms with Gasteiger partial charge >= 0.3 is 0 Å². The molecular weight excluding hydrogens is 416 g/mol. The lowest BCUT2D eigenvalue weighted by molar-refractivity contribution is -0.132. The molecule has 2 aliphatic carbocycles. The quantitative estimate of drug-likeness (QED) is 0.652. The minimum Gasteiger partial charge on any atom is -0.464 e. The van der Waals surface area contributed by atoms with Gasteiger partial charge in [-0.05, 0) is 81.6 Å². The van der Waals surface area contributed by atoms with Gasteiger partial charge in [0.2, 0.25) is 5.91 Å². The first-order chi connectivity index (χ1) is 16.3. The molecule has 1 N–H and O–H groups in total. The van der Waals surface area contributed by atoms with E-state index in [1.807, 2.05) is 6.26 Å². The number of ether oxygens (including phenoxy) is 2. The number of likely N-dealkylation sites (tertiary alicyclic amines) is 1. The van der Waals surface area contributed by atoms with Crippen LogP contribution in [0.25, 0.3) is 11.3 Å². The van der Waals surface area contributed by atoms with Gasteiger partial charge in [-0.15, -0.1) is 0 Å². The Balaban J connectivity index is 1.08. The molecule has 3 aliphatic heterocycles. The predicted octanol–water partition coefficient (Wildman–Crippen LogP) is 4.78. The Bertz CT molecular complexity index is 853. The van der Waals surface area contributed by atoms with Gasteiger partial charge in [-0.2, -0.15) is 0 Å². The molecule has 2 unspecified atom stereocenters. The smallest absolute Gasteiger partial charge is 0.222 e. The van der Waals surface area contributed by atoms with Crippen LogP contribution in [-0.2, 0) is 14.3 Å². The third-order valence-electron chi connectivity index (χ3n) is 7.84. The van der Waals surface area contributed by atoms with E-state index in [1.165, 1.54) is 62.7 Å². The van der Waals surface area contributed by atoms with Gasteiger partial charge in [-0.3, -0.25) is 9.69 Å². The van der Waals surface area contributed by atoms with E-state index in [9.17, 15) is 4.79 Å². The topological polar surface area (TPSA) is 63.9 Å². The van der Waals surface area contributed by atoms with Crippen LogP contribution < -0.4 is 5.32 Å². The monoisotopic (exact) mass is 454 g/mol. The van der Waals surface area contributed by atoms with Crippen LogP contribution in [0, 0.1) is 5.92 Å². The lowest BCUT2D eigenvalue weighted by Crippen LogP contribution is -2.41. The number of carbonyl (C=O) groups excluding carboxylic acids is 1. The highest BCUT2D eigenvalue weighted by molar-refractivity contribution is 5.76. The molecule has 0 radical (unpaired) electrons. The molecule has 2 atom stereocenters. The number of piperidine rings is 1. The van der Waals surface area contributed by atoms with E-state index < -0.39 is 0 Å². The number of hydrogen-bond donors (Lipinski definition) is 1. The SMILES string of the molecule is O=C(CC1COCCO1)NC1CCC(CCN2CCCCC2c2ccoc3cccc2-3)CC1. The van der Waals surface area contributed by atoms with Crippen LogP contribution in [0.3, 0.4) is 0 Å². The molecule has 5 aliphatic rings. The van der Waals surface area contributed by atoms with Gasteiger partial charge in [0.15, 0.2) is 0 Å². The van der Waals surface area contributed by atoms with E-state index in [-0.39, 0.29) is 12.0 Å². The van der Waals surface area contributed by atoms with E-state index in [4.69, 9.17) is 13.9 Å². The number of nitrogens with zero attached hydrogens (tertiary/aromatic N) is 1. The summed E-state index contributed by atoms with van der Waals surface area (Å²) in [6.45, 7) is 4.13. The first-order valence-corrected chi connectivity index (χ1v) is 12.9. The van der Waals surface area contributed by atoms with Crippen molar-refractivity contribution in [3.8, 4) is 11.3 Å². The van der Waals surface area contributed by atoms with Gasteiger partial charge in [0.25, 0.3) is 0 Å². The standard InChI is InChI=1S/C27H38N2O4/c30-27(18-22-19-31-16-17-32-22)28-21-9-7-20(8-10-21)11-14-29-13-2-1-5-25(29)23-12-15-33-26-6-3-4-24(23)26/h3-4,6,12,15,20-22,25H,1-2,5,7-11,13-14,16-19H2,(H,28,30). The van der Waals surface area contributed by atoms with E-state index in [0.717, 1.165) is 24.5 Å². The molecule has 3 heterocycles. The zero-order chi connectivity index (χ0) is 22.5. The van der Waals surface area contributed by atoms with Crippen LogP contribution in [0.1, 0.15) is 69.4 Å². The van der Waals surface area contributed by atoms with Crippen molar-refractivity contribution in [1.82, 2.24) is 10.2 Å². The number of nitrogens with one attached hydrogen (secondary N) is 1. The Morgan fingerprint density at radius 1 is 1.06 bits per heavy atom. The molecule has 1 amide bonds. The van der Waals surface area contributed by atoms with Crippen LogP contribution >= 0.6 is 0 Å². The van der Waals surface area contributed by atoms with Crippen LogP contribution in [0.5, 0.6) is 0 Å². The van der Waals surface area contributed by atoms with Crippen LogP contribution in [0.2, 0.25) is 0 Å². The highest BCUT2D eigenvalue weighted by Crippen LogP contribution is 2.39. The summed E-state index contributed by atoms with van der Waals surface area (Å²) in [5, 5.41) is 3.24. The second-order valence-corrected chi connectivity index (χ2v) is 10.1. The van der Waals surface area contributed by atoms with Crippen molar-refractivity contribution >= 4 is 5.91 Å². The van der Waals surface area contributed by atoms with Gasteiger partial charge < -0.3 is 19.2 Å². The van der Waals surface area contributed by atoms with Crippen LogP contribution in [0.4, 0.5) is 0 Å². The second kappa shape index (κ2) is 11.0. The molecule has 0 aromatic heterocycles. The molecule has 5 rings (SSSR count). The first-order valence-electron chi connectivity index (χ1n) is 12.9. The van der Waals surface area contributed by atoms with Crippen molar-refractivity contribution in [3.05, 3.63) is 36.1 Å². The highest BCUT2D eigenvalue weighted by Gasteiger charge is 2.29. The zero-order valence-corrected chi connectivity index (χ0v) is 19.7. The number of hydrogen-bond acceptors (Lipinski definition) is 5. The number of carbonyl (C=O) groups is 1. The van der Waals surface area contributed by atoms with Crippen LogP contribution in [0.15, 0.2) is 34.9 Å². The first kappa shape index (κ1) is 22.9. The Morgan fingerprint density at radius 3 is 2.82 bits per heavy atom. The second-order valence-electron chi connectivity index (χ2n) is 10.1. The largest absolute Gasteiger partial charge is 0.464 e. The molecule has 3 fully saturated rings. The Labute approximate surface area is 197 Å². The molecule has 0 bridgehead atoms. The predicted molar refractivity (Wildman–Crippen MR) is 127 cm³/mol. The number of rotatable bonds is 7. The molecule has 0 spiro atoms. The molecule has 6 heteroatoms. The van der Waals surface area contributed by atoms with E-state index in [0.29, 0.717) is 38.3 Å². The van der Waals surface area contributed by atoms with E-state index in [1.54, 1.807) is 0 Å². The summed E-state index contributed by atoms with van der Waals surface area (Å²) in [7, 11) is 0. The normalized spacial score (nSPS) is 29.2. The minimum absolute atomic E-state index is 0.0829. The third-order valence-corrected chi connectivity index (χ3v) is 7.84. The average molecular weight is 455 g/mol. The van der Waals surface area contributed by atoms with Crippen molar-refractivity contribution in [2.24, 2.45) is 5.92 Å². The maximum atomic E-state index is 12.4. The molecule has 6 nitrogen and oxygen atoms in total. The van der Waals surface area contributed by atoms with Gasteiger partial charge in [0, 0.05) is 17.6 Å². The lowest BCUT2D eigenvalue weighted by Gasteiger charge is -2.38. The van der Waals surface area contributed by atoms with Crippen molar-refractivity contribution < 1.29 is 18.7 Å².